The third-order valence-corrected chi connectivity index (χ3v) is 6.00. The van der Waals surface area contributed by atoms with E-state index in [-0.39, 0.29) is 23.3 Å². The first-order valence-corrected chi connectivity index (χ1v) is 8.77. The van der Waals surface area contributed by atoms with E-state index in [2.05, 4.69) is 5.32 Å². The highest BCUT2D eigenvalue weighted by atomic mass is 32.2. The minimum absolute atomic E-state index is 0.0731. The summed E-state index contributed by atoms with van der Waals surface area (Å²) in [6.07, 6.45) is 1.50. The standard InChI is InChI=1S/C12H17NO3S2/c1-2-10-3-5-17-11(10)12(14)13-7-9-4-6-18(15,16)8-9/h3,5,9H,2,4,6-8H2,1H3,(H,13,14). The lowest BCUT2D eigenvalue weighted by Crippen LogP contribution is -2.29. The van der Waals surface area contributed by atoms with Gasteiger partial charge in [-0.25, -0.2) is 8.42 Å². The Balaban J connectivity index is 1.90. The molecule has 1 saturated heterocycles. The zero-order valence-corrected chi connectivity index (χ0v) is 11.9. The number of aryl methyl sites for hydroxylation is 1. The number of carbonyl (C=O) groups is 1. The van der Waals surface area contributed by atoms with Gasteiger partial charge in [0.1, 0.15) is 0 Å². The summed E-state index contributed by atoms with van der Waals surface area (Å²) in [4.78, 5) is 12.7. The summed E-state index contributed by atoms with van der Waals surface area (Å²) in [5.41, 5.74) is 1.05. The molecule has 1 aliphatic heterocycles. The Labute approximate surface area is 111 Å². The fraction of sp³-hybridized carbons (Fsp3) is 0.583. The molecule has 100 valence electrons. The van der Waals surface area contributed by atoms with E-state index in [0.29, 0.717) is 13.0 Å². The molecule has 0 aliphatic carbocycles. The predicted octanol–water partition coefficient (Wildman–Crippen LogP) is 1.48. The van der Waals surface area contributed by atoms with Crippen LogP contribution >= 0.6 is 11.3 Å². The van der Waals surface area contributed by atoms with Crippen molar-refractivity contribution in [1.82, 2.24) is 5.32 Å². The van der Waals surface area contributed by atoms with E-state index < -0.39 is 9.84 Å². The van der Waals surface area contributed by atoms with Gasteiger partial charge in [0.15, 0.2) is 9.84 Å². The van der Waals surface area contributed by atoms with Crippen molar-refractivity contribution in [3.8, 4) is 0 Å². The molecule has 1 fully saturated rings. The number of nitrogens with one attached hydrogen (secondary N) is 1. The Hall–Kier alpha value is -0.880. The summed E-state index contributed by atoms with van der Waals surface area (Å²) in [5, 5.41) is 4.76. The largest absolute Gasteiger partial charge is 0.351 e. The summed E-state index contributed by atoms with van der Waals surface area (Å²) >= 11 is 1.43. The van der Waals surface area contributed by atoms with E-state index in [1.807, 2.05) is 18.4 Å². The van der Waals surface area contributed by atoms with Crippen molar-refractivity contribution in [2.45, 2.75) is 19.8 Å². The SMILES string of the molecule is CCc1ccsc1C(=O)NCC1CCS(=O)(=O)C1. The Morgan fingerprint density at radius 3 is 2.94 bits per heavy atom. The van der Waals surface area contributed by atoms with Crippen molar-refractivity contribution in [1.29, 1.82) is 0 Å². The minimum Gasteiger partial charge on any atom is -0.351 e. The van der Waals surface area contributed by atoms with Gasteiger partial charge in [-0.1, -0.05) is 6.92 Å². The molecule has 6 heteroatoms. The summed E-state index contributed by atoms with van der Waals surface area (Å²) in [6.45, 7) is 2.47. The molecule has 1 aliphatic rings. The van der Waals surface area contributed by atoms with Crippen molar-refractivity contribution < 1.29 is 13.2 Å². The molecule has 1 unspecified atom stereocenters. The first-order chi connectivity index (χ1) is 8.52. The molecule has 4 nitrogen and oxygen atoms in total. The highest BCUT2D eigenvalue weighted by Crippen LogP contribution is 2.19. The Kier molecular flexibility index (Phi) is 4.07. The van der Waals surface area contributed by atoms with Crippen LogP contribution in [0, 0.1) is 5.92 Å². The Bertz CT molecular complexity index is 533. The first kappa shape index (κ1) is 13.5. The second-order valence-corrected chi connectivity index (χ2v) is 7.75. The van der Waals surface area contributed by atoms with E-state index >= 15 is 0 Å². The molecule has 2 rings (SSSR count). The van der Waals surface area contributed by atoms with Gasteiger partial charge in [0.2, 0.25) is 0 Å². The molecule has 0 saturated carbocycles. The van der Waals surface area contributed by atoms with Crippen molar-refractivity contribution in [2.75, 3.05) is 18.1 Å². The maximum absolute atomic E-state index is 12.0. The average Bonchev–Trinajstić information content (AvgIpc) is 2.92. The lowest BCUT2D eigenvalue weighted by Gasteiger charge is -2.09. The fourth-order valence-corrected chi connectivity index (χ4v) is 4.94. The zero-order valence-electron chi connectivity index (χ0n) is 10.3. The van der Waals surface area contributed by atoms with Crippen LogP contribution in [0.15, 0.2) is 11.4 Å². The second kappa shape index (κ2) is 5.40. The first-order valence-electron chi connectivity index (χ1n) is 6.07. The monoisotopic (exact) mass is 287 g/mol. The molecule has 0 aromatic carbocycles. The molecule has 18 heavy (non-hydrogen) atoms. The lowest BCUT2D eigenvalue weighted by atomic mass is 10.1. The highest BCUT2D eigenvalue weighted by molar-refractivity contribution is 7.91. The maximum atomic E-state index is 12.0. The normalized spacial score (nSPS) is 21.9. The number of hydrogen-bond donors (Lipinski definition) is 1. The van der Waals surface area contributed by atoms with Crippen LogP contribution < -0.4 is 5.32 Å². The smallest absolute Gasteiger partial charge is 0.261 e. The van der Waals surface area contributed by atoms with Gasteiger partial charge >= 0.3 is 0 Å². The van der Waals surface area contributed by atoms with Gasteiger partial charge in [-0.05, 0) is 35.8 Å². The molecule has 1 N–H and O–H groups in total. The van der Waals surface area contributed by atoms with Crippen molar-refractivity contribution in [2.24, 2.45) is 5.92 Å². The Morgan fingerprint density at radius 1 is 1.56 bits per heavy atom. The number of thiophene rings is 1. The predicted molar refractivity (Wildman–Crippen MR) is 72.8 cm³/mol. The number of amides is 1. The van der Waals surface area contributed by atoms with Crippen LogP contribution in [0.5, 0.6) is 0 Å². The summed E-state index contributed by atoms with van der Waals surface area (Å²) < 4.78 is 22.6. The number of rotatable bonds is 4. The van der Waals surface area contributed by atoms with E-state index in [9.17, 15) is 13.2 Å². The quantitative estimate of drug-likeness (QED) is 0.912. The van der Waals surface area contributed by atoms with Crippen LogP contribution in [0.1, 0.15) is 28.6 Å². The summed E-state index contributed by atoms with van der Waals surface area (Å²) in [7, 11) is -2.86. The topological polar surface area (TPSA) is 63.2 Å². The van der Waals surface area contributed by atoms with Crippen LogP contribution in [0.25, 0.3) is 0 Å². The number of sulfone groups is 1. The van der Waals surface area contributed by atoms with Gasteiger partial charge < -0.3 is 5.32 Å². The molecule has 0 bridgehead atoms. The Morgan fingerprint density at radius 2 is 2.33 bits per heavy atom. The fourth-order valence-electron chi connectivity index (χ4n) is 2.16. The maximum Gasteiger partial charge on any atom is 0.261 e. The van der Waals surface area contributed by atoms with E-state index in [1.54, 1.807) is 0 Å². The van der Waals surface area contributed by atoms with Crippen molar-refractivity contribution in [3.63, 3.8) is 0 Å². The van der Waals surface area contributed by atoms with Crippen LogP contribution in [0.3, 0.4) is 0 Å². The third kappa shape index (κ3) is 3.11. The highest BCUT2D eigenvalue weighted by Gasteiger charge is 2.28. The summed E-state index contributed by atoms with van der Waals surface area (Å²) in [6, 6.07) is 1.96. The van der Waals surface area contributed by atoms with Gasteiger partial charge in [0, 0.05) is 6.54 Å². The second-order valence-electron chi connectivity index (χ2n) is 4.61. The van der Waals surface area contributed by atoms with Gasteiger partial charge in [-0.2, -0.15) is 0 Å². The van der Waals surface area contributed by atoms with Crippen LogP contribution in [-0.2, 0) is 16.3 Å². The average molecular weight is 287 g/mol. The molecule has 1 amide bonds. The van der Waals surface area contributed by atoms with Crippen molar-refractivity contribution >= 4 is 27.1 Å². The van der Waals surface area contributed by atoms with Gasteiger partial charge in [0.05, 0.1) is 16.4 Å². The molecule has 1 aromatic rings. The molecule has 1 atom stereocenters. The number of carbonyl (C=O) groups excluding carboxylic acids is 1. The van der Waals surface area contributed by atoms with Gasteiger partial charge in [0.25, 0.3) is 5.91 Å². The third-order valence-electron chi connectivity index (χ3n) is 3.21. The van der Waals surface area contributed by atoms with Crippen LogP contribution in [0.2, 0.25) is 0 Å². The lowest BCUT2D eigenvalue weighted by molar-refractivity contribution is 0.0951. The molecule has 2 heterocycles. The van der Waals surface area contributed by atoms with Crippen molar-refractivity contribution in [3.05, 3.63) is 21.9 Å². The number of hydrogen-bond acceptors (Lipinski definition) is 4. The minimum atomic E-state index is -2.86. The van der Waals surface area contributed by atoms with Crippen LogP contribution in [-0.4, -0.2) is 32.4 Å². The molecular formula is C12H17NO3S2. The van der Waals surface area contributed by atoms with E-state index in [0.717, 1.165) is 16.9 Å². The van der Waals surface area contributed by atoms with Crippen LogP contribution in [0.4, 0.5) is 0 Å². The van der Waals surface area contributed by atoms with E-state index in [4.69, 9.17) is 0 Å². The molecule has 0 spiro atoms. The summed E-state index contributed by atoms with van der Waals surface area (Å²) in [5.74, 6) is 0.459. The molecule has 1 aromatic heterocycles. The molecular weight excluding hydrogens is 270 g/mol. The molecule has 0 radical (unpaired) electrons. The van der Waals surface area contributed by atoms with Gasteiger partial charge in [-0.3, -0.25) is 4.79 Å². The zero-order chi connectivity index (χ0) is 13.2. The van der Waals surface area contributed by atoms with Gasteiger partial charge in [-0.15, -0.1) is 11.3 Å². The van der Waals surface area contributed by atoms with E-state index in [1.165, 1.54) is 11.3 Å².